The van der Waals surface area contributed by atoms with Crippen molar-refractivity contribution in [3.8, 4) is 0 Å². The van der Waals surface area contributed by atoms with Crippen molar-refractivity contribution in [1.29, 1.82) is 0 Å². The van der Waals surface area contributed by atoms with E-state index in [1.807, 2.05) is 11.8 Å². The van der Waals surface area contributed by atoms with Crippen molar-refractivity contribution in [3.05, 3.63) is 96.4 Å². The summed E-state index contributed by atoms with van der Waals surface area (Å²) in [5, 5.41) is 13.1. The van der Waals surface area contributed by atoms with E-state index in [4.69, 9.17) is 0 Å². The van der Waals surface area contributed by atoms with Crippen LogP contribution >= 0.6 is 11.8 Å². The van der Waals surface area contributed by atoms with Gasteiger partial charge in [0, 0.05) is 16.2 Å². The van der Waals surface area contributed by atoms with Gasteiger partial charge in [0.15, 0.2) is 0 Å². The molecular weight excluding hydrogens is 414 g/mol. The number of allylic oxidation sites excluding steroid dienone is 2. The molecule has 2 aliphatic rings. The van der Waals surface area contributed by atoms with Gasteiger partial charge in [-0.15, -0.1) is 0 Å². The average molecular weight is 448 g/mol. The summed E-state index contributed by atoms with van der Waals surface area (Å²) in [6, 6.07) is 11.5. The first-order valence-corrected chi connectivity index (χ1v) is 12.7. The molecular formula is C28H33NO2S. The molecule has 0 saturated heterocycles. The summed E-state index contributed by atoms with van der Waals surface area (Å²) >= 11 is 1.85. The number of rotatable bonds is 6. The molecule has 32 heavy (non-hydrogen) atoms. The Morgan fingerprint density at radius 3 is 2.47 bits per heavy atom. The van der Waals surface area contributed by atoms with E-state index in [0.717, 1.165) is 17.5 Å². The standard InChI is InChI=1S/C28H33NO2S/c1-19-14-26(20(2)13-23(19)11-12-29(30)31)17-27-18-32-28(15-21(27)3)25-10-9-22-7-5-4-6-8-24(22)16-25/h9-10,13-16,18,21H,4-8,11-12,17H2,1-3H3. The minimum absolute atomic E-state index is 0.00524. The lowest BCUT2D eigenvalue weighted by atomic mass is 9.90. The van der Waals surface area contributed by atoms with Crippen LogP contribution in [0.2, 0.25) is 0 Å². The molecule has 1 heterocycles. The fourth-order valence-corrected chi connectivity index (χ4v) is 6.00. The van der Waals surface area contributed by atoms with Gasteiger partial charge in [-0.2, -0.15) is 0 Å². The van der Waals surface area contributed by atoms with Gasteiger partial charge in [0.2, 0.25) is 6.54 Å². The summed E-state index contributed by atoms with van der Waals surface area (Å²) in [6.07, 6.45) is 10.3. The molecule has 2 aromatic rings. The predicted molar refractivity (Wildman–Crippen MR) is 136 cm³/mol. The molecule has 0 N–H and O–H groups in total. The van der Waals surface area contributed by atoms with Crippen molar-refractivity contribution in [2.45, 2.75) is 65.7 Å². The maximum Gasteiger partial charge on any atom is 0.207 e. The second-order valence-electron chi connectivity index (χ2n) is 9.36. The highest BCUT2D eigenvalue weighted by Gasteiger charge is 2.18. The van der Waals surface area contributed by atoms with Gasteiger partial charge in [-0.3, -0.25) is 10.1 Å². The first kappa shape index (κ1) is 22.8. The van der Waals surface area contributed by atoms with Crippen molar-refractivity contribution < 1.29 is 4.92 Å². The van der Waals surface area contributed by atoms with E-state index in [1.165, 1.54) is 59.3 Å². The largest absolute Gasteiger partial charge is 0.265 e. The molecule has 2 aromatic carbocycles. The zero-order chi connectivity index (χ0) is 22.7. The molecule has 1 aliphatic heterocycles. The maximum absolute atomic E-state index is 10.7. The Bertz CT molecular complexity index is 1080. The first-order valence-electron chi connectivity index (χ1n) is 11.8. The fraction of sp³-hybridized carbons (Fsp3) is 0.429. The third kappa shape index (κ3) is 5.35. The van der Waals surface area contributed by atoms with Crippen LogP contribution in [0, 0.1) is 29.9 Å². The third-order valence-corrected chi connectivity index (χ3v) is 8.01. The van der Waals surface area contributed by atoms with Gasteiger partial charge in [-0.1, -0.05) is 67.1 Å². The topological polar surface area (TPSA) is 43.1 Å². The quantitative estimate of drug-likeness (QED) is 0.266. The molecule has 0 fully saturated rings. The summed E-state index contributed by atoms with van der Waals surface area (Å²) in [7, 11) is 0. The molecule has 1 unspecified atom stereocenters. The second-order valence-corrected chi connectivity index (χ2v) is 10.3. The highest BCUT2D eigenvalue weighted by atomic mass is 32.2. The van der Waals surface area contributed by atoms with E-state index < -0.39 is 0 Å². The van der Waals surface area contributed by atoms with Crippen molar-refractivity contribution in [2.75, 3.05) is 6.54 Å². The lowest BCUT2D eigenvalue weighted by Crippen LogP contribution is -2.08. The van der Waals surface area contributed by atoms with Gasteiger partial charge >= 0.3 is 0 Å². The van der Waals surface area contributed by atoms with Crippen molar-refractivity contribution >= 4 is 16.7 Å². The zero-order valence-electron chi connectivity index (χ0n) is 19.4. The fourth-order valence-electron chi connectivity index (χ4n) is 4.88. The minimum atomic E-state index is -0.234. The van der Waals surface area contributed by atoms with Gasteiger partial charge in [0.25, 0.3) is 0 Å². The minimum Gasteiger partial charge on any atom is -0.265 e. The first-order chi connectivity index (χ1) is 15.4. The molecule has 0 radical (unpaired) electrons. The van der Waals surface area contributed by atoms with Crippen LogP contribution in [0.25, 0.3) is 4.91 Å². The van der Waals surface area contributed by atoms with Crippen LogP contribution in [0.3, 0.4) is 0 Å². The monoisotopic (exact) mass is 447 g/mol. The van der Waals surface area contributed by atoms with Crippen molar-refractivity contribution in [2.24, 2.45) is 5.92 Å². The van der Waals surface area contributed by atoms with Crippen LogP contribution in [0.1, 0.15) is 65.1 Å². The Hall–Kier alpha value is -2.33. The number of hydrogen-bond acceptors (Lipinski definition) is 3. The van der Waals surface area contributed by atoms with Gasteiger partial charge in [-0.05, 0) is 96.2 Å². The SMILES string of the molecule is Cc1cc(CC2=CSC(c3ccc4c(c3)CCCCC4)=CC2C)c(C)cc1CC[N+](=O)[O-]. The van der Waals surface area contributed by atoms with Gasteiger partial charge in [0.1, 0.15) is 0 Å². The van der Waals surface area contributed by atoms with Gasteiger partial charge in [-0.25, -0.2) is 0 Å². The molecule has 1 atom stereocenters. The molecule has 0 bridgehead atoms. The molecule has 3 nitrogen and oxygen atoms in total. The highest BCUT2D eigenvalue weighted by Crippen LogP contribution is 2.39. The summed E-state index contributed by atoms with van der Waals surface area (Å²) in [5.74, 6) is 0.402. The Kier molecular flexibility index (Phi) is 7.20. The number of benzene rings is 2. The van der Waals surface area contributed by atoms with E-state index in [0.29, 0.717) is 12.3 Å². The normalized spacial score (nSPS) is 18.4. The van der Waals surface area contributed by atoms with Gasteiger partial charge in [0.05, 0.1) is 0 Å². The lowest BCUT2D eigenvalue weighted by molar-refractivity contribution is -0.479. The van der Waals surface area contributed by atoms with Crippen LogP contribution in [-0.4, -0.2) is 11.5 Å². The zero-order valence-corrected chi connectivity index (χ0v) is 20.3. The number of fused-ring (bicyclic) bond motifs is 1. The average Bonchev–Trinajstić information content (AvgIpc) is 3.01. The van der Waals surface area contributed by atoms with Gasteiger partial charge < -0.3 is 0 Å². The predicted octanol–water partition coefficient (Wildman–Crippen LogP) is 7.24. The smallest absolute Gasteiger partial charge is 0.207 e. The Labute approximate surface area is 196 Å². The Morgan fingerprint density at radius 1 is 1.00 bits per heavy atom. The molecule has 0 saturated carbocycles. The number of thioether (sulfide) groups is 1. The summed E-state index contributed by atoms with van der Waals surface area (Å²) in [6.45, 7) is 6.49. The van der Waals surface area contributed by atoms with Crippen LogP contribution < -0.4 is 0 Å². The van der Waals surface area contributed by atoms with Crippen LogP contribution in [-0.2, 0) is 25.7 Å². The Morgan fingerprint density at radius 2 is 1.72 bits per heavy atom. The van der Waals surface area contributed by atoms with Crippen LogP contribution in [0.5, 0.6) is 0 Å². The second kappa shape index (κ2) is 10.1. The summed E-state index contributed by atoms with van der Waals surface area (Å²) < 4.78 is 0. The molecule has 0 aromatic heterocycles. The molecule has 0 spiro atoms. The summed E-state index contributed by atoms with van der Waals surface area (Å²) in [5.41, 5.74) is 10.7. The van der Waals surface area contributed by atoms with Crippen LogP contribution in [0.4, 0.5) is 0 Å². The molecule has 168 valence electrons. The van der Waals surface area contributed by atoms with E-state index in [9.17, 15) is 10.1 Å². The molecule has 4 heteroatoms. The van der Waals surface area contributed by atoms with Crippen LogP contribution in [0.15, 0.2) is 47.4 Å². The van der Waals surface area contributed by atoms with E-state index in [1.54, 1.807) is 11.1 Å². The van der Waals surface area contributed by atoms with Crippen molar-refractivity contribution in [3.63, 3.8) is 0 Å². The number of nitro groups is 1. The number of nitrogens with zero attached hydrogens (tertiary/aromatic N) is 1. The third-order valence-electron chi connectivity index (χ3n) is 6.96. The highest BCUT2D eigenvalue weighted by molar-refractivity contribution is 8.11. The van der Waals surface area contributed by atoms with Crippen molar-refractivity contribution in [1.82, 2.24) is 0 Å². The van der Waals surface area contributed by atoms with E-state index in [-0.39, 0.29) is 11.5 Å². The molecule has 0 amide bonds. The lowest BCUT2D eigenvalue weighted by Gasteiger charge is -2.22. The number of aryl methyl sites for hydroxylation is 4. The number of hydrogen-bond donors (Lipinski definition) is 0. The van der Waals surface area contributed by atoms with E-state index in [2.05, 4.69) is 62.6 Å². The maximum atomic E-state index is 10.7. The Balaban J connectivity index is 1.47. The molecule has 4 rings (SSSR count). The summed E-state index contributed by atoms with van der Waals surface area (Å²) in [4.78, 5) is 11.9. The van der Waals surface area contributed by atoms with E-state index >= 15 is 0 Å². The molecule has 1 aliphatic carbocycles.